The smallest absolute Gasteiger partial charge is 0.335 e. The minimum Gasteiger partial charge on any atom is -0.478 e. The first-order valence-electron chi connectivity index (χ1n) is 6.77. The van der Waals surface area contributed by atoms with Crippen LogP contribution in [0.4, 0.5) is 5.69 Å². The highest BCUT2D eigenvalue weighted by Gasteiger charge is 2.30. The maximum Gasteiger partial charge on any atom is 0.335 e. The average molecular weight is 355 g/mol. The predicted molar refractivity (Wildman–Crippen MR) is 91.2 cm³/mol. The Labute approximate surface area is 139 Å². The molecule has 0 radical (unpaired) electrons. The highest BCUT2D eigenvalue weighted by molar-refractivity contribution is 8.22. The van der Waals surface area contributed by atoms with E-state index in [1.54, 1.807) is 25.1 Å². The van der Waals surface area contributed by atoms with Gasteiger partial charge in [0.15, 0.2) is 0 Å². The molecule has 3 rings (SSSR count). The Morgan fingerprint density at radius 3 is 2.70 bits per heavy atom. The van der Waals surface area contributed by atoms with Crippen molar-refractivity contribution in [3.8, 4) is 11.1 Å². The normalized spacial score (nSPS) is 20.3. The van der Waals surface area contributed by atoms with E-state index in [4.69, 9.17) is 16.7 Å². The molecule has 2 aromatic rings. The number of nitrogens with one attached hydrogen (secondary N) is 2. The van der Waals surface area contributed by atoms with Crippen LogP contribution in [0.1, 0.15) is 17.3 Å². The Hall–Kier alpha value is -1.77. The summed E-state index contributed by atoms with van der Waals surface area (Å²) in [4.78, 5) is 11.4. The summed E-state index contributed by atoms with van der Waals surface area (Å²) in [7, 11) is -3.18. The third-order valence-corrected chi connectivity index (χ3v) is 5.33. The van der Waals surface area contributed by atoms with Crippen molar-refractivity contribution in [2.45, 2.75) is 18.0 Å². The van der Waals surface area contributed by atoms with Gasteiger partial charge >= 0.3 is 5.97 Å². The summed E-state index contributed by atoms with van der Waals surface area (Å²) >= 11 is 6.12. The molecule has 1 atom stereocenters. The van der Waals surface area contributed by atoms with E-state index in [-0.39, 0.29) is 16.6 Å². The molecule has 0 fully saturated rings. The molecule has 0 aliphatic carbocycles. The average Bonchev–Trinajstić information content (AvgIpc) is 2.47. The quantitative estimate of drug-likeness (QED) is 0.556. The van der Waals surface area contributed by atoms with Crippen LogP contribution in [0.15, 0.2) is 41.3 Å². The lowest BCUT2D eigenvalue weighted by Crippen LogP contribution is -2.40. The van der Waals surface area contributed by atoms with Gasteiger partial charge in [-0.1, -0.05) is 23.7 Å². The second-order valence-corrected chi connectivity index (χ2v) is 7.45. The zero-order chi connectivity index (χ0) is 16.8. The van der Waals surface area contributed by atoms with Gasteiger partial charge in [-0.3, -0.25) is 9.11 Å². The molecule has 2 aromatic carbocycles. The molecule has 8 heteroatoms. The number of rotatable bonds is 2. The topological polar surface area (TPSA) is 102 Å². The van der Waals surface area contributed by atoms with E-state index in [9.17, 15) is 13.9 Å². The highest BCUT2D eigenvalue weighted by Crippen LogP contribution is 2.54. The van der Waals surface area contributed by atoms with Crippen LogP contribution in [0, 0.1) is 0 Å². The Kier molecular flexibility index (Phi) is 3.99. The second kappa shape index (κ2) is 5.70. The summed E-state index contributed by atoms with van der Waals surface area (Å²) in [5, 5.41) is 12.6. The van der Waals surface area contributed by atoms with Crippen molar-refractivity contribution in [1.82, 2.24) is 4.72 Å². The van der Waals surface area contributed by atoms with Crippen molar-refractivity contribution in [3.05, 3.63) is 47.0 Å². The summed E-state index contributed by atoms with van der Waals surface area (Å²) in [5.74, 6) is -1.03. The Bertz CT molecular complexity index is 797. The molecule has 1 unspecified atom stereocenters. The molecule has 6 nitrogen and oxygen atoms in total. The number of hydrogen-bond acceptors (Lipinski definition) is 5. The molecule has 0 saturated carbocycles. The van der Waals surface area contributed by atoms with Gasteiger partial charge in [-0.25, -0.2) is 4.79 Å². The molecule has 5 N–H and O–H groups in total. The molecule has 23 heavy (non-hydrogen) atoms. The first kappa shape index (κ1) is 16.1. The minimum absolute atomic E-state index is 0.143. The molecule has 0 aromatic heterocycles. The Balaban J connectivity index is 2.23. The fourth-order valence-electron chi connectivity index (χ4n) is 2.56. The second-order valence-electron chi connectivity index (χ2n) is 5.25. The van der Waals surface area contributed by atoms with Crippen molar-refractivity contribution in [2.24, 2.45) is 0 Å². The molecule has 0 bridgehead atoms. The minimum atomic E-state index is -3.18. The molecule has 1 heterocycles. The number of benzene rings is 2. The summed E-state index contributed by atoms with van der Waals surface area (Å²) in [6.07, 6.45) is -0.366. The van der Waals surface area contributed by atoms with E-state index in [0.29, 0.717) is 21.8 Å². The SMILES string of the molecule is CC1Nc2c(-c3cccc(C(=O)O)c3)cc(Cl)cc2S(O)(O)N1. The van der Waals surface area contributed by atoms with Gasteiger partial charge in [-0.05, 0) is 36.8 Å². The van der Waals surface area contributed by atoms with Gasteiger partial charge in [-0.15, -0.1) is 10.8 Å². The van der Waals surface area contributed by atoms with Crippen LogP contribution < -0.4 is 10.0 Å². The van der Waals surface area contributed by atoms with Gasteiger partial charge in [0.05, 0.1) is 17.4 Å². The molecular formula is C15H15ClN2O4S. The van der Waals surface area contributed by atoms with E-state index in [2.05, 4.69) is 10.0 Å². The zero-order valence-electron chi connectivity index (χ0n) is 12.1. The number of carboxylic acid groups (broad SMARTS) is 1. The Morgan fingerprint density at radius 2 is 2.00 bits per heavy atom. The molecule has 1 aliphatic rings. The van der Waals surface area contributed by atoms with E-state index >= 15 is 0 Å². The van der Waals surface area contributed by atoms with E-state index in [0.717, 1.165) is 0 Å². The maximum atomic E-state index is 11.2. The number of fused-ring (bicyclic) bond motifs is 1. The lowest BCUT2D eigenvalue weighted by molar-refractivity contribution is 0.0697. The fraction of sp³-hybridized carbons (Fsp3) is 0.133. The van der Waals surface area contributed by atoms with E-state index < -0.39 is 16.7 Å². The summed E-state index contributed by atoms with van der Waals surface area (Å²) in [6.45, 7) is 1.75. The number of halogens is 1. The number of carboxylic acids is 1. The number of hydrogen-bond donors (Lipinski definition) is 5. The van der Waals surface area contributed by atoms with Crippen LogP contribution in [0.2, 0.25) is 5.02 Å². The van der Waals surface area contributed by atoms with Gasteiger partial charge < -0.3 is 10.4 Å². The Morgan fingerprint density at radius 1 is 1.26 bits per heavy atom. The van der Waals surface area contributed by atoms with Gasteiger partial charge in [0.2, 0.25) is 0 Å². The number of carbonyl (C=O) groups is 1. The first-order chi connectivity index (χ1) is 10.8. The van der Waals surface area contributed by atoms with Crippen molar-refractivity contribution >= 4 is 34.0 Å². The summed E-state index contributed by atoms with van der Waals surface area (Å²) < 4.78 is 23.2. The third kappa shape index (κ3) is 3.01. The monoisotopic (exact) mass is 354 g/mol. The molecule has 1 aliphatic heterocycles. The largest absolute Gasteiger partial charge is 0.478 e. The van der Waals surface area contributed by atoms with Gasteiger partial charge in [-0.2, -0.15) is 4.72 Å². The van der Waals surface area contributed by atoms with Gasteiger partial charge in [0.1, 0.15) is 4.90 Å². The van der Waals surface area contributed by atoms with Crippen LogP contribution in [0.5, 0.6) is 0 Å². The molecule has 0 amide bonds. The van der Waals surface area contributed by atoms with Crippen molar-refractivity contribution in [2.75, 3.05) is 5.32 Å². The molecular weight excluding hydrogens is 340 g/mol. The predicted octanol–water partition coefficient (Wildman–Crippen LogP) is 4.09. The number of aromatic carboxylic acids is 1. The van der Waals surface area contributed by atoms with E-state index in [1.165, 1.54) is 18.2 Å². The number of anilines is 1. The molecule has 122 valence electrons. The van der Waals surface area contributed by atoms with Crippen molar-refractivity contribution in [1.29, 1.82) is 0 Å². The van der Waals surface area contributed by atoms with Crippen molar-refractivity contribution < 1.29 is 19.0 Å². The summed E-state index contributed by atoms with van der Waals surface area (Å²) in [6, 6.07) is 9.56. The zero-order valence-corrected chi connectivity index (χ0v) is 13.6. The van der Waals surface area contributed by atoms with Crippen molar-refractivity contribution in [3.63, 3.8) is 0 Å². The van der Waals surface area contributed by atoms with Crippen LogP contribution in [0.25, 0.3) is 11.1 Å². The van der Waals surface area contributed by atoms with Crippen LogP contribution in [-0.4, -0.2) is 26.3 Å². The third-order valence-electron chi connectivity index (χ3n) is 3.50. The lowest BCUT2D eigenvalue weighted by atomic mass is 10.0. The first-order valence-corrected chi connectivity index (χ1v) is 8.70. The van der Waals surface area contributed by atoms with E-state index in [1.807, 2.05) is 0 Å². The fourth-order valence-corrected chi connectivity index (χ4v) is 4.27. The van der Waals surface area contributed by atoms with Gasteiger partial charge in [0, 0.05) is 10.6 Å². The van der Waals surface area contributed by atoms with Crippen LogP contribution in [-0.2, 0) is 0 Å². The maximum absolute atomic E-state index is 11.2. The van der Waals surface area contributed by atoms with Crippen LogP contribution >= 0.6 is 22.4 Å². The van der Waals surface area contributed by atoms with Gasteiger partial charge in [0.25, 0.3) is 0 Å². The lowest BCUT2D eigenvalue weighted by Gasteiger charge is -2.42. The highest BCUT2D eigenvalue weighted by atomic mass is 35.5. The molecule has 0 saturated heterocycles. The van der Waals surface area contributed by atoms with Crippen LogP contribution in [0.3, 0.4) is 0 Å². The molecule has 0 spiro atoms. The summed E-state index contributed by atoms with van der Waals surface area (Å²) in [5.41, 5.74) is 1.91. The standard InChI is InChI=1S/C15H15ClN2O4S/c1-8-17-14-12(9-3-2-4-10(5-9)15(19)20)6-11(16)7-13(14)23(21,22)18-8/h2-8,17-18,21-22H,1H3,(H,19,20).